The number of hydrogen-bond donors (Lipinski definition) is 1. The Hall–Kier alpha value is 0.160. The molecular weight excluding hydrogens is 271 g/mol. The highest BCUT2D eigenvalue weighted by molar-refractivity contribution is 14.1. The van der Waals surface area contributed by atoms with Crippen molar-refractivity contribution in [3.63, 3.8) is 0 Å². The third-order valence-electron chi connectivity index (χ3n) is 1.63. The Balaban J connectivity index is 3.32. The minimum absolute atomic E-state index is 0.118. The van der Waals surface area contributed by atoms with Crippen molar-refractivity contribution in [2.75, 3.05) is 0 Å². The van der Waals surface area contributed by atoms with Crippen LogP contribution in [-0.4, -0.2) is 17.2 Å². The minimum Gasteiger partial charge on any atom is -0.394 e. The van der Waals surface area contributed by atoms with Gasteiger partial charge < -0.3 is 8.17 Å². The lowest BCUT2D eigenvalue weighted by Crippen LogP contribution is -2.12. The van der Waals surface area contributed by atoms with Gasteiger partial charge in [0.1, 0.15) is 0 Å². The number of halogens is 1. The second-order valence-electron chi connectivity index (χ2n) is 2.80. The third-order valence-corrected chi connectivity index (χ3v) is 2.12. The lowest BCUT2D eigenvalue weighted by atomic mass is 10.1. The lowest BCUT2D eigenvalue weighted by molar-refractivity contribution is -0.133. The molecule has 0 fully saturated rings. The van der Waals surface area contributed by atoms with E-state index in [1.54, 1.807) is 0 Å². The van der Waals surface area contributed by atoms with E-state index in [2.05, 4.69) is 9.99 Å². The van der Waals surface area contributed by atoms with E-state index in [-0.39, 0.29) is 12.4 Å². The van der Waals surface area contributed by atoms with Crippen LogP contribution >= 0.6 is 23.0 Å². The Kier molecular flexibility index (Phi) is 7.89. The predicted octanol–water partition coefficient (Wildman–Crippen LogP) is 2.21. The van der Waals surface area contributed by atoms with Gasteiger partial charge in [-0.25, -0.2) is 0 Å². The topological polar surface area (TPSA) is 46.5 Å². The summed E-state index contributed by atoms with van der Waals surface area (Å²) in [6, 6.07) is 0. The van der Waals surface area contributed by atoms with Gasteiger partial charge in [-0.1, -0.05) is 26.2 Å². The van der Waals surface area contributed by atoms with E-state index in [1.807, 2.05) is 0 Å². The average Bonchev–Trinajstić information content (AvgIpc) is 2.05. The largest absolute Gasteiger partial charge is 0.394 e. The van der Waals surface area contributed by atoms with Crippen molar-refractivity contribution in [1.29, 1.82) is 0 Å². The first-order valence-corrected chi connectivity index (χ1v) is 5.08. The maximum Gasteiger partial charge on any atom is 0.317 e. The molecule has 0 aliphatic carbocycles. The smallest absolute Gasteiger partial charge is 0.317 e. The number of hydrogen-bond acceptors (Lipinski definition) is 3. The summed E-state index contributed by atoms with van der Waals surface area (Å²) >= 11 is 1.53. The van der Waals surface area contributed by atoms with Crippen LogP contribution in [0.25, 0.3) is 0 Å². The summed E-state index contributed by atoms with van der Waals surface area (Å²) in [5.74, 6) is -0.348. The first-order valence-electron chi connectivity index (χ1n) is 4.20. The molecule has 0 rings (SSSR count). The number of aliphatic hydroxyl groups excluding tert-OH is 1. The fourth-order valence-corrected chi connectivity index (χ4v) is 1.14. The summed E-state index contributed by atoms with van der Waals surface area (Å²) in [6.07, 6.45) is 3.50. The van der Waals surface area contributed by atoms with E-state index in [4.69, 9.17) is 0 Å². The molecule has 0 saturated carbocycles. The Labute approximate surface area is 87.2 Å². The highest BCUT2D eigenvalue weighted by Gasteiger charge is 2.10. The fourth-order valence-electron chi connectivity index (χ4n) is 0.956. The second-order valence-corrected chi connectivity index (χ2v) is 3.24. The molecule has 0 aromatic rings. The van der Waals surface area contributed by atoms with Gasteiger partial charge >= 0.3 is 5.97 Å². The molecule has 3 nitrogen and oxygen atoms in total. The molecule has 12 heavy (non-hydrogen) atoms. The molecule has 4 heteroatoms. The number of unbranched alkanes of at least 4 members (excludes halogenated alkanes) is 2. The van der Waals surface area contributed by atoms with Crippen molar-refractivity contribution in [3.8, 4) is 0 Å². The summed E-state index contributed by atoms with van der Waals surface area (Å²) in [5.41, 5.74) is 0. The first kappa shape index (κ1) is 12.2. The molecular formula is C8H15IO3. The molecule has 0 aliphatic rings. The van der Waals surface area contributed by atoms with E-state index in [1.165, 1.54) is 23.0 Å². The van der Waals surface area contributed by atoms with Crippen LogP contribution in [0, 0.1) is 0 Å². The van der Waals surface area contributed by atoms with E-state index < -0.39 is 6.10 Å². The summed E-state index contributed by atoms with van der Waals surface area (Å²) in [4.78, 5) is 10.7. The molecule has 0 saturated heterocycles. The molecule has 0 aliphatic heterocycles. The van der Waals surface area contributed by atoms with E-state index >= 15 is 0 Å². The van der Waals surface area contributed by atoms with Crippen molar-refractivity contribution in [2.24, 2.45) is 0 Å². The summed E-state index contributed by atoms with van der Waals surface area (Å²) in [5, 5.41) is 9.27. The maximum atomic E-state index is 10.7. The molecule has 0 aromatic heterocycles. The molecule has 1 N–H and O–H groups in total. The second kappa shape index (κ2) is 7.79. The zero-order valence-electron chi connectivity index (χ0n) is 7.25. The Morgan fingerprint density at radius 3 is 2.75 bits per heavy atom. The molecule has 0 heterocycles. The Bertz CT molecular complexity index is 127. The van der Waals surface area contributed by atoms with Gasteiger partial charge in [0, 0.05) is 0 Å². The maximum absolute atomic E-state index is 10.7. The van der Waals surface area contributed by atoms with Gasteiger partial charge in [0.2, 0.25) is 0 Å². The van der Waals surface area contributed by atoms with Gasteiger partial charge in [0.05, 0.1) is 12.5 Å². The number of aliphatic hydroxyl groups is 1. The average molecular weight is 286 g/mol. The van der Waals surface area contributed by atoms with Gasteiger partial charge in [-0.3, -0.25) is 4.79 Å². The number of carbonyl (C=O) groups is 1. The standard InChI is InChI=1S/C8H15IO3/c1-2-3-4-5-7(10)6-8(11)12-9/h7,10H,2-6H2,1H3. The zero-order valence-corrected chi connectivity index (χ0v) is 9.41. The molecule has 1 unspecified atom stereocenters. The molecule has 1 atom stereocenters. The van der Waals surface area contributed by atoms with Crippen molar-refractivity contribution in [2.45, 2.75) is 45.1 Å². The molecule has 72 valence electrons. The highest BCUT2D eigenvalue weighted by atomic mass is 127. The molecule has 0 bridgehead atoms. The van der Waals surface area contributed by atoms with Crippen LogP contribution in [0.15, 0.2) is 0 Å². The zero-order chi connectivity index (χ0) is 9.40. The Morgan fingerprint density at radius 1 is 1.58 bits per heavy atom. The van der Waals surface area contributed by atoms with Gasteiger partial charge in [-0.15, -0.1) is 0 Å². The van der Waals surface area contributed by atoms with Crippen LogP contribution in [-0.2, 0) is 7.86 Å². The van der Waals surface area contributed by atoms with Gasteiger partial charge in [0.15, 0.2) is 23.0 Å². The van der Waals surface area contributed by atoms with Crippen molar-refractivity contribution in [1.82, 2.24) is 0 Å². The summed E-state index contributed by atoms with van der Waals surface area (Å²) in [7, 11) is 0. The summed E-state index contributed by atoms with van der Waals surface area (Å²) in [6.45, 7) is 2.10. The van der Waals surface area contributed by atoms with Crippen LogP contribution < -0.4 is 0 Å². The van der Waals surface area contributed by atoms with Gasteiger partial charge in [0.25, 0.3) is 0 Å². The van der Waals surface area contributed by atoms with Crippen molar-refractivity contribution >= 4 is 29.0 Å². The van der Waals surface area contributed by atoms with E-state index in [0.29, 0.717) is 6.42 Å². The van der Waals surface area contributed by atoms with Crippen LogP contribution in [0.4, 0.5) is 0 Å². The van der Waals surface area contributed by atoms with Crippen molar-refractivity contribution < 1.29 is 13.0 Å². The number of carbonyl (C=O) groups excluding carboxylic acids is 1. The first-order chi connectivity index (χ1) is 5.70. The third kappa shape index (κ3) is 6.84. The SMILES string of the molecule is CCCCCC(O)CC(=O)OI. The lowest BCUT2D eigenvalue weighted by Gasteiger charge is -2.06. The molecule has 0 spiro atoms. The van der Waals surface area contributed by atoms with E-state index in [0.717, 1.165) is 19.3 Å². The van der Waals surface area contributed by atoms with Crippen molar-refractivity contribution in [3.05, 3.63) is 0 Å². The Morgan fingerprint density at radius 2 is 2.25 bits per heavy atom. The van der Waals surface area contributed by atoms with Crippen LogP contribution in [0.3, 0.4) is 0 Å². The monoisotopic (exact) mass is 286 g/mol. The predicted molar refractivity (Wildman–Crippen MR) is 54.9 cm³/mol. The van der Waals surface area contributed by atoms with E-state index in [9.17, 15) is 9.90 Å². The number of rotatable bonds is 6. The fraction of sp³-hybridized carbons (Fsp3) is 0.875. The van der Waals surface area contributed by atoms with Crippen LogP contribution in [0.5, 0.6) is 0 Å². The minimum atomic E-state index is -0.529. The van der Waals surface area contributed by atoms with Crippen LogP contribution in [0.1, 0.15) is 39.0 Å². The molecule has 0 amide bonds. The van der Waals surface area contributed by atoms with Crippen LogP contribution in [0.2, 0.25) is 0 Å². The highest BCUT2D eigenvalue weighted by Crippen LogP contribution is 2.07. The normalized spacial score (nSPS) is 12.6. The molecule has 0 radical (unpaired) electrons. The molecule has 0 aromatic carbocycles. The summed E-state index contributed by atoms with van der Waals surface area (Å²) < 4.78 is 4.40. The van der Waals surface area contributed by atoms with Gasteiger partial charge in [-0.05, 0) is 6.42 Å². The quantitative estimate of drug-likeness (QED) is 0.601. The van der Waals surface area contributed by atoms with Gasteiger partial charge in [-0.2, -0.15) is 0 Å².